The predicted octanol–water partition coefficient (Wildman–Crippen LogP) is 2.99. The van der Waals surface area contributed by atoms with E-state index in [4.69, 9.17) is 14.3 Å². The van der Waals surface area contributed by atoms with Crippen LogP contribution in [0.15, 0.2) is 63.9 Å². The zero-order valence-corrected chi connectivity index (χ0v) is 14.9. The smallest absolute Gasteiger partial charge is 0.291 e. The molecular formula is C18H15FN2O5S. The first kappa shape index (κ1) is 18.6. The molecular weight excluding hydrogens is 375 g/mol. The van der Waals surface area contributed by atoms with Crippen LogP contribution >= 0.6 is 0 Å². The molecule has 0 aliphatic carbocycles. The number of hydrogen-bond donors (Lipinski definition) is 2. The Labute approximate surface area is 154 Å². The second-order valence-electron chi connectivity index (χ2n) is 5.53. The first-order valence-corrected chi connectivity index (χ1v) is 9.20. The van der Waals surface area contributed by atoms with Gasteiger partial charge in [-0.3, -0.25) is 4.79 Å². The van der Waals surface area contributed by atoms with Crippen molar-refractivity contribution in [3.63, 3.8) is 0 Å². The lowest BCUT2D eigenvalue weighted by atomic mass is 10.2. The molecule has 2 aromatic carbocycles. The van der Waals surface area contributed by atoms with Gasteiger partial charge in [0.25, 0.3) is 5.91 Å². The Morgan fingerprint density at radius 3 is 2.44 bits per heavy atom. The SMILES string of the molecule is COc1ccc(S(N)(=O)=O)cc1NC(=O)c1ccc(-c2ccc(F)cc2)o1. The van der Waals surface area contributed by atoms with E-state index in [0.717, 1.165) is 0 Å². The minimum absolute atomic E-state index is 0.0163. The fraction of sp³-hybridized carbons (Fsp3) is 0.0556. The van der Waals surface area contributed by atoms with E-state index in [0.29, 0.717) is 11.3 Å². The molecule has 0 fully saturated rings. The second-order valence-corrected chi connectivity index (χ2v) is 7.09. The van der Waals surface area contributed by atoms with Crippen LogP contribution in [0.25, 0.3) is 11.3 Å². The number of sulfonamides is 1. The van der Waals surface area contributed by atoms with Gasteiger partial charge in [-0.25, -0.2) is 17.9 Å². The number of carbonyl (C=O) groups is 1. The van der Waals surface area contributed by atoms with Gasteiger partial charge in [0.05, 0.1) is 17.7 Å². The molecule has 1 heterocycles. The number of nitrogens with one attached hydrogen (secondary N) is 1. The lowest BCUT2D eigenvalue weighted by Gasteiger charge is -2.10. The van der Waals surface area contributed by atoms with Crippen LogP contribution in [0.2, 0.25) is 0 Å². The summed E-state index contributed by atoms with van der Waals surface area (Å²) in [6.45, 7) is 0. The van der Waals surface area contributed by atoms with Crippen molar-refractivity contribution in [1.29, 1.82) is 0 Å². The average Bonchev–Trinajstić information content (AvgIpc) is 3.12. The molecule has 0 saturated carbocycles. The minimum atomic E-state index is -3.95. The minimum Gasteiger partial charge on any atom is -0.495 e. The number of halogens is 1. The molecule has 0 unspecified atom stereocenters. The first-order valence-electron chi connectivity index (χ1n) is 7.66. The van der Waals surface area contributed by atoms with Crippen molar-refractivity contribution in [3.8, 4) is 17.1 Å². The maximum absolute atomic E-state index is 13.0. The van der Waals surface area contributed by atoms with E-state index in [1.807, 2.05) is 0 Å². The van der Waals surface area contributed by atoms with Crippen LogP contribution in [0.4, 0.5) is 10.1 Å². The van der Waals surface area contributed by atoms with Crippen molar-refractivity contribution in [2.75, 3.05) is 12.4 Å². The molecule has 27 heavy (non-hydrogen) atoms. The zero-order valence-electron chi connectivity index (χ0n) is 14.1. The highest BCUT2D eigenvalue weighted by atomic mass is 32.2. The molecule has 0 saturated heterocycles. The molecule has 3 N–H and O–H groups in total. The molecule has 1 amide bonds. The summed E-state index contributed by atoms with van der Waals surface area (Å²) in [5.41, 5.74) is 0.720. The first-order chi connectivity index (χ1) is 12.8. The number of primary sulfonamides is 1. The predicted molar refractivity (Wildman–Crippen MR) is 96.4 cm³/mol. The summed E-state index contributed by atoms with van der Waals surface area (Å²) < 4.78 is 46.6. The average molecular weight is 390 g/mol. The van der Waals surface area contributed by atoms with E-state index in [1.165, 1.54) is 55.6 Å². The van der Waals surface area contributed by atoms with E-state index in [2.05, 4.69) is 5.32 Å². The van der Waals surface area contributed by atoms with Crippen molar-refractivity contribution in [3.05, 3.63) is 66.2 Å². The van der Waals surface area contributed by atoms with E-state index < -0.39 is 15.9 Å². The third-order valence-corrected chi connectivity index (χ3v) is 4.62. The number of benzene rings is 2. The highest BCUT2D eigenvalue weighted by Crippen LogP contribution is 2.28. The highest BCUT2D eigenvalue weighted by molar-refractivity contribution is 7.89. The van der Waals surface area contributed by atoms with Crippen molar-refractivity contribution < 1.29 is 26.8 Å². The Balaban J connectivity index is 1.86. The molecule has 0 spiro atoms. The highest BCUT2D eigenvalue weighted by Gasteiger charge is 2.17. The maximum atomic E-state index is 13.0. The topological polar surface area (TPSA) is 112 Å². The number of carbonyl (C=O) groups excluding carboxylic acids is 1. The van der Waals surface area contributed by atoms with Gasteiger partial charge in [0.2, 0.25) is 10.0 Å². The number of amides is 1. The third-order valence-electron chi connectivity index (χ3n) is 3.71. The van der Waals surface area contributed by atoms with Crippen LogP contribution < -0.4 is 15.2 Å². The van der Waals surface area contributed by atoms with Crippen LogP contribution in [0.5, 0.6) is 5.75 Å². The summed E-state index contributed by atoms with van der Waals surface area (Å²) in [7, 11) is -2.57. The lowest BCUT2D eigenvalue weighted by Crippen LogP contribution is -2.15. The number of rotatable bonds is 5. The summed E-state index contributed by atoms with van der Waals surface area (Å²) in [4.78, 5) is 12.3. The van der Waals surface area contributed by atoms with Crippen molar-refractivity contribution in [1.82, 2.24) is 0 Å². The van der Waals surface area contributed by atoms with Gasteiger partial charge < -0.3 is 14.5 Å². The van der Waals surface area contributed by atoms with Gasteiger partial charge in [0.1, 0.15) is 17.3 Å². The number of nitrogens with two attached hydrogens (primary N) is 1. The largest absolute Gasteiger partial charge is 0.495 e. The monoisotopic (exact) mass is 390 g/mol. The molecule has 1 aromatic heterocycles. The van der Waals surface area contributed by atoms with Crippen LogP contribution in [0.3, 0.4) is 0 Å². The summed E-state index contributed by atoms with van der Waals surface area (Å²) >= 11 is 0. The van der Waals surface area contributed by atoms with Gasteiger partial charge >= 0.3 is 0 Å². The molecule has 140 valence electrons. The Bertz CT molecular complexity index is 1090. The molecule has 0 radical (unpaired) electrons. The number of hydrogen-bond acceptors (Lipinski definition) is 5. The van der Waals surface area contributed by atoms with Crippen LogP contribution in [0, 0.1) is 5.82 Å². The zero-order chi connectivity index (χ0) is 19.6. The lowest BCUT2D eigenvalue weighted by molar-refractivity contribution is 0.0997. The molecule has 0 bridgehead atoms. The number of anilines is 1. The third kappa shape index (κ3) is 4.15. The summed E-state index contributed by atoms with van der Waals surface area (Å²) in [6.07, 6.45) is 0. The van der Waals surface area contributed by atoms with Gasteiger partial charge in [-0.15, -0.1) is 0 Å². The van der Waals surface area contributed by atoms with Crippen LogP contribution in [-0.2, 0) is 10.0 Å². The Kier molecular flexibility index (Phi) is 4.98. The second kappa shape index (κ2) is 7.22. The number of ether oxygens (including phenoxy) is 1. The number of furan rings is 1. The maximum Gasteiger partial charge on any atom is 0.291 e. The van der Waals surface area contributed by atoms with Crippen LogP contribution in [-0.4, -0.2) is 21.4 Å². The van der Waals surface area contributed by atoms with Crippen molar-refractivity contribution in [2.24, 2.45) is 5.14 Å². The van der Waals surface area contributed by atoms with E-state index >= 15 is 0 Å². The summed E-state index contributed by atoms with van der Waals surface area (Å²) in [6, 6.07) is 12.5. The summed E-state index contributed by atoms with van der Waals surface area (Å²) in [5.74, 6) is -0.387. The van der Waals surface area contributed by atoms with E-state index in [9.17, 15) is 17.6 Å². The van der Waals surface area contributed by atoms with Gasteiger partial charge in [-0.1, -0.05) is 0 Å². The summed E-state index contributed by atoms with van der Waals surface area (Å²) in [5, 5.41) is 7.64. The van der Waals surface area contributed by atoms with E-state index in [1.54, 1.807) is 6.07 Å². The molecule has 3 rings (SSSR count). The van der Waals surface area contributed by atoms with Gasteiger partial charge in [-0.2, -0.15) is 0 Å². The Morgan fingerprint density at radius 2 is 1.81 bits per heavy atom. The quantitative estimate of drug-likeness (QED) is 0.696. The fourth-order valence-electron chi connectivity index (χ4n) is 2.37. The fourth-order valence-corrected chi connectivity index (χ4v) is 2.91. The Hall–Kier alpha value is -3.17. The molecule has 3 aromatic rings. The van der Waals surface area contributed by atoms with Gasteiger partial charge in [0.15, 0.2) is 5.76 Å². The molecule has 0 atom stereocenters. The normalized spacial score (nSPS) is 11.2. The molecule has 0 aliphatic rings. The van der Waals surface area contributed by atoms with Crippen molar-refractivity contribution in [2.45, 2.75) is 4.90 Å². The molecule has 9 heteroatoms. The van der Waals surface area contributed by atoms with Crippen molar-refractivity contribution >= 4 is 21.6 Å². The number of methoxy groups -OCH3 is 1. The standard InChI is InChI=1S/C18H15FN2O5S/c1-25-16-7-6-13(27(20,23)24)10-14(16)21-18(22)17-9-8-15(26-17)11-2-4-12(19)5-3-11/h2-10H,1H3,(H,21,22)(H2,20,23,24). The van der Waals surface area contributed by atoms with Gasteiger partial charge in [-0.05, 0) is 54.6 Å². The van der Waals surface area contributed by atoms with Gasteiger partial charge in [0, 0.05) is 5.56 Å². The molecule has 0 aliphatic heterocycles. The van der Waals surface area contributed by atoms with E-state index in [-0.39, 0.29) is 27.9 Å². The Morgan fingerprint density at radius 1 is 1.11 bits per heavy atom. The molecule has 7 nitrogen and oxygen atoms in total. The van der Waals surface area contributed by atoms with Crippen LogP contribution in [0.1, 0.15) is 10.6 Å².